The molecule has 160 valence electrons. The van der Waals surface area contributed by atoms with E-state index in [-0.39, 0.29) is 30.8 Å². The third kappa shape index (κ3) is 6.23. The second kappa shape index (κ2) is 10.8. The van der Waals surface area contributed by atoms with Gasteiger partial charge >= 0.3 is 0 Å². The number of hydrogen-bond donors (Lipinski definition) is 1. The van der Waals surface area contributed by atoms with Crippen LogP contribution in [-0.4, -0.2) is 28.8 Å². The Morgan fingerprint density at radius 3 is 2.43 bits per heavy atom. The number of carbonyl (C=O) groups excluding carboxylic acids is 2. The molecule has 4 nitrogen and oxygen atoms in total. The van der Waals surface area contributed by atoms with Crippen molar-refractivity contribution in [2.45, 2.75) is 64.1 Å². The van der Waals surface area contributed by atoms with Crippen LogP contribution >= 0.6 is 23.2 Å². The Morgan fingerprint density at radius 1 is 1.07 bits per heavy atom. The quantitative estimate of drug-likeness (QED) is 0.618. The maximum absolute atomic E-state index is 13.2. The summed E-state index contributed by atoms with van der Waals surface area (Å²) in [6, 6.07) is 14.4. The zero-order valence-electron chi connectivity index (χ0n) is 17.2. The summed E-state index contributed by atoms with van der Waals surface area (Å²) in [6.07, 6.45) is 5.72. The molecular weight excluding hydrogens is 419 g/mol. The van der Waals surface area contributed by atoms with Crippen molar-refractivity contribution in [2.75, 3.05) is 0 Å². The number of carbonyl (C=O) groups is 2. The van der Waals surface area contributed by atoms with Crippen molar-refractivity contribution in [1.29, 1.82) is 0 Å². The molecule has 0 bridgehead atoms. The molecule has 0 heterocycles. The fourth-order valence-electron chi connectivity index (χ4n) is 3.86. The molecule has 1 aliphatic carbocycles. The molecule has 0 aromatic heterocycles. The van der Waals surface area contributed by atoms with Crippen LogP contribution in [0.1, 0.15) is 50.2 Å². The van der Waals surface area contributed by atoms with Gasteiger partial charge in [-0.3, -0.25) is 9.59 Å². The number of amides is 2. The number of benzene rings is 2. The minimum absolute atomic E-state index is 0.112. The Labute approximate surface area is 188 Å². The maximum Gasteiger partial charge on any atom is 0.242 e. The largest absolute Gasteiger partial charge is 0.352 e. The van der Waals surface area contributed by atoms with Gasteiger partial charge in [0.05, 0.1) is 6.42 Å². The molecule has 30 heavy (non-hydrogen) atoms. The molecule has 1 saturated carbocycles. The summed E-state index contributed by atoms with van der Waals surface area (Å²) in [5.41, 5.74) is 1.68. The second-order valence-corrected chi connectivity index (χ2v) is 8.78. The maximum atomic E-state index is 13.2. The zero-order chi connectivity index (χ0) is 21.5. The highest BCUT2D eigenvalue weighted by Gasteiger charge is 2.28. The molecular formula is C24H28Cl2N2O2. The lowest BCUT2D eigenvalue weighted by Crippen LogP contribution is -2.50. The molecule has 1 atom stereocenters. The summed E-state index contributed by atoms with van der Waals surface area (Å²) < 4.78 is 0. The number of nitrogens with one attached hydrogen (secondary N) is 1. The summed E-state index contributed by atoms with van der Waals surface area (Å²) in [6.45, 7) is 2.03. The smallest absolute Gasteiger partial charge is 0.242 e. The van der Waals surface area contributed by atoms with Crippen LogP contribution in [0.5, 0.6) is 0 Å². The van der Waals surface area contributed by atoms with Crippen molar-refractivity contribution in [3.05, 3.63) is 69.7 Å². The van der Waals surface area contributed by atoms with E-state index in [0.717, 1.165) is 36.8 Å². The fraction of sp³-hybridized carbons (Fsp3) is 0.417. The average molecular weight is 447 g/mol. The molecule has 0 radical (unpaired) electrons. The third-order valence-corrected chi connectivity index (χ3v) is 6.26. The lowest BCUT2D eigenvalue weighted by molar-refractivity contribution is -0.140. The van der Waals surface area contributed by atoms with Crippen LogP contribution in [-0.2, 0) is 22.6 Å². The van der Waals surface area contributed by atoms with E-state index >= 15 is 0 Å². The van der Waals surface area contributed by atoms with Crippen LogP contribution in [0.4, 0.5) is 0 Å². The van der Waals surface area contributed by atoms with Gasteiger partial charge in [-0.1, -0.05) is 78.9 Å². The molecule has 0 spiro atoms. The summed E-state index contributed by atoms with van der Waals surface area (Å²) in [4.78, 5) is 27.8. The molecule has 1 aliphatic rings. The van der Waals surface area contributed by atoms with Gasteiger partial charge in [-0.05, 0) is 43.0 Å². The first-order chi connectivity index (χ1) is 14.4. The van der Waals surface area contributed by atoms with E-state index in [0.29, 0.717) is 10.0 Å². The van der Waals surface area contributed by atoms with Crippen LogP contribution in [0.25, 0.3) is 0 Å². The van der Waals surface area contributed by atoms with E-state index in [1.165, 1.54) is 6.42 Å². The first kappa shape index (κ1) is 22.6. The normalized spacial score (nSPS) is 15.4. The number of halogens is 2. The van der Waals surface area contributed by atoms with Gasteiger partial charge in [0.15, 0.2) is 0 Å². The van der Waals surface area contributed by atoms with Crippen molar-refractivity contribution in [2.24, 2.45) is 0 Å². The summed E-state index contributed by atoms with van der Waals surface area (Å²) in [7, 11) is 0. The lowest BCUT2D eigenvalue weighted by Gasteiger charge is -2.31. The Balaban J connectivity index is 1.77. The highest BCUT2D eigenvalue weighted by atomic mass is 35.5. The van der Waals surface area contributed by atoms with E-state index in [4.69, 9.17) is 23.2 Å². The van der Waals surface area contributed by atoms with Gasteiger partial charge in [0, 0.05) is 22.6 Å². The predicted octanol–water partition coefficient (Wildman–Crippen LogP) is 5.40. The molecule has 2 aromatic carbocycles. The predicted molar refractivity (Wildman–Crippen MR) is 122 cm³/mol. The number of hydrogen-bond acceptors (Lipinski definition) is 2. The van der Waals surface area contributed by atoms with Crippen LogP contribution in [0.3, 0.4) is 0 Å². The topological polar surface area (TPSA) is 49.4 Å². The number of nitrogens with zero attached hydrogens (tertiary/aromatic N) is 1. The molecule has 0 saturated heterocycles. The van der Waals surface area contributed by atoms with Gasteiger partial charge in [-0.25, -0.2) is 0 Å². The van der Waals surface area contributed by atoms with Crippen molar-refractivity contribution >= 4 is 35.0 Å². The van der Waals surface area contributed by atoms with Gasteiger partial charge in [-0.2, -0.15) is 0 Å². The Morgan fingerprint density at radius 2 is 1.77 bits per heavy atom. The van der Waals surface area contributed by atoms with Gasteiger partial charge in [0.25, 0.3) is 0 Å². The standard InChI is InChI=1S/C24H28Cl2N2O2/c1-17(24(30)27-21-10-6-3-7-11-21)28(16-19-12-13-20(25)15-22(19)26)23(29)14-18-8-4-2-5-9-18/h2,4-5,8-9,12-13,15,17,21H,3,6-7,10-11,14,16H2,1H3,(H,27,30)/t17-/m0/s1. The van der Waals surface area contributed by atoms with E-state index in [1.807, 2.05) is 30.3 Å². The molecule has 1 fully saturated rings. The van der Waals surface area contributed by atoms with Crippen LogP contribution in [0.15, 0.2) is 48.5 Å². The average Bonchev–Trinajstić information content (AvgIpc) is 2.74. The minimum atomic E-state index is -0.602. The lowest BCUT2D eigenvalue weighted by atomic mass is 9.95. The minimum Gasteiger partial charge on any atom is -0.352 e. The monoisotopic (exact) mass is 446 g/mol. The Hall–Kier alpha value is -2.04. The van der Waals surface area contributed by atoms with Gasteiger partial charge in [-0.15, -0.1) is 0 Å². The van der Waals surface area contributed by atoms with Crippen molar-refractivity contribution in [3.8, 4) is 0 Å². The van der Waals surface area contributed by atoms with E-state index in [9.17, 15) is 9.59 Å². The van der Waals surface area contributed by atoms with Crippen LogP contribution < -0.4 is 5.32 Å². The second-order valence-electron chi connectivity index (χ2n) is 7.94. The van der Waals surface area contributed by atoms with E-state index in [2.05, 4.69) is 5.32 Å². The van der Waals surface area contributed by atoms with Gasteiger partial charge in [0.2, 0.25) is 11.8 Å². The van der Waals surface area contributed by atoms with Crippen molar-refractivity contribution in [3.63, 3.8) is 0 Å². The SMILES string of the molecule is C[C@@H](C(=O)NC1CCCCC1)N(Cc1ccc(Cl)cc1Cl)C(=O)Cc1ccccc1. The molecule has 3 rings (SSSR count). The fourth-order valence-corrected chi connectivity index (χ4v) is 4.33. The molecule has 0 aliphatic heterocycles. The van der Waals surface area contributed by atoms with Crippen molar-refractivity contribution < 1.29 is 9.59 Å². The number of rotatable bonds is 7. The molecule has 6 heteroatoms. The molecule has 2 aromatic rings. The molecule has 1 N–H and O–H groups in total. The summed E-state index contributed by atoms with van der Waals surface area (Å²) in [5, 5.41) is 4.16. The van der Waals surface area contributed by atoms with Gasteiger partial charge in [0.1, 0.15) is 6.04 Å². The highest BCUT2D eigenvalue weighted by Crippen LogP contribution is 2.24. The Kier molecular flexibility index (Phi) is 8.17. The van der Waals surface area contributed by atoms with Crippen LogP contribution in [0.2, 0.25) is 10.0 Å². The van der Waals surface area contributed by atoms with E-state index < -0.39 is 6.04 Å². The van der Waals surface area contributed by atoms with E-state index in [1.54, 1.807) is 30.0 Å². The first-order valence-electron chi connectivity index (χ1n) is 10.5. The first-order valence-corrected chi connectivity index (χ1v) is 11.3. The molecule has 0 unspecified atom stereocenters. The van der Waals surface area contributed by atoms with Crippen LogP contribution in [0, 0.1) is 0 Å². The summed E-state index contributed by atoms with van der Waals surface area (Å²) in [5.74, 6) is -0.230. The zero-order valence-corrected chi connectivity index (χ0v) is 18.8. The summed E-state index contributed by atoms with van der Waals surface area (Å²) >= 11 is 12.4. The Bertz CT molecular complexity index is 867. The van der Waals surface area contributed by atoms with Gasteiger partial charge < -0.3 is 10.2 Å². The third-order valence-electron chi connectivity index (χ3n) is 5.67. The molecule has 2 amide bonds. The van der Waals surface area contributed by atoms with Crippen molar-refractivity contribution in [1.82, 2.24) is 10.2 Å². The highest BCUT2D eigenvalue weighted by molar-refractivity contribution is 6.35.